The summed E-state index contributed by atoms with van der Waals surface area (Å²) in [5.74, 6) is -1.18. The van der Waals surface area contributed by atoms with Gasteiger partial charge in [-0.15, -0.1) is 0 Å². The minimum Gasteiger partial charge on any atom is -0.399 e. The summed E-state index contributed by atoms with van der Waals surface area (Å²) in [6, 6.07) is 1.56. The Bertz CT molecular complexity index is 775. The van der Waals surface area contributed by atoms with Crippen LogP contribution in [-0.4, -0.2) is 45.2 Å². The molecule has 0 saturated carbocycles. The summed E-state index contributed by atoms with van der Waals surface area (Å²) in [5, 5.41) is 0. The van der Waals surface area contributed by atoms with E-state index in [1.165, 1.54) is 19.9 Å². The molecule has 6 nitrogen and oxygen atoms in total. The first kappa shape index (κ1) is 16.2. The molecule has 1 unspecified atom stereocenters. The molecule has 1 aliphatic rings. The number of hydrogen-bond donors (Lipinski definition) is 1. The van der Waals surface area contributed by atoms with Crippen LogP contribution in [0.1, 0.15) is 12.5 Å². The highest BCUT2D eigenvalue weighted by Crippen LogP contribution is 2.27. The van der Waals surface area contributed by atoms with Crippen LogP contribution in [0, 0.1) is 12.7 Å². The van der Waals surface area contributed by atoms with Crippen molar-refractivity contribution >= 4 is 25.5 Å². The lowest BCUT2D eigenvalue weighted by Crippen LogP contribution is -2.49. The second kappa shape index (κ2) is 5.22. The Morgan fingerprint density at radius 2 is 2.00 bits per heavy atom. The summed E-state index contributed by atoms with van der Waals surface area (Å²) in [6.45, 7) is 2.74. The smallest absolute Gasteiger partial charge is 0.243 e. The number of nitrogens with zero attached hydrogens (tertiary/aromatic N) is 1. The Balaban J connectivity index is 2.49. The van der Waals surface area contributed by atoms with E-state index in [-0.39, 0.29) is 34.2 Å². The molecule has 1 aromatic rings. The van der Waals surface area contributed by atoms with E-state index >= 15 is 0 Å². The highest BCUT2D eigenvalue weighted by atomic mass is 32.2. The summed E-state index contributed by atoms with van der Waals surface area (Å²) in [4.78, 5) is -0.217. The third kappa shape index (κ3) is 3.04. The number of benzene rings is 1. The maximum absolute atomic E-state index is 13.7. The Morgan fingerprint density at radius 3 is 2.57 bits per heavy atom. The van der Waals surface area contributed by atoms with Gasteiger partial charge < -0.3 is 5.73 Å². The average Bonchev–Trinajstić information content (AvgIpc) is 2.31. The van der Waals surface area contributed by atoms with Crippen molar-refractivity contribution in [3.8, 4) is 0 Å². The number of sulfone groups is 1. The van der Waals surface area contributed by atoms with Gasteiger partial charge in [-0.2, -0.15) is 4.31 Å². The second-order valence-electron chi connectivity index (χ2n) is 5.21. The van der Waals surface area contributed by atoms with Crippen molar-refractivity contribution in [2.24, 2.45) is 0 Å². The lowest BCUT2D eigenvalue weighted by atomic mass is 10.2. The first-order valence-electron chi connectivity index (χ1n) is 6.32. The minimum absolute atomic E-state index is 0.00830. The molecule has 21 heavy (non-hydrogen) atoms. The van der Waals surface area contributed by atoms with Crippen LogP contribution in [0.5, 0.6) is 0 Å². The van der Waals surface area contributed by atoms with Crippen molar-refractivity contribution in [3.05, 3.63) is 23.5 Å². The van der Waals surface area contributed by atoms with E-state index in [0.29, 0.717) is 0 Å². The zero-order valence-electron chi connectivity index (χ0n) is 11.7. The van der Waals surface area contributed by atoms with Gasteiger partial charge in [0.25, 0.3) is 0 Å². The fourth-order valence-electron chi connectivity index (χ4n) is 2.41. The van der Waals surface area contributed by atoms with Crippen LogP contribution in [0.4, 0.5) is 10.1 Å². The van der Waals surface area contributed by atoms with Gasteiger partial charge in [0.05, 0.1) is 16.4 Å². The van der Waals surface area contributed by atoms with Crippen LogP contribution in [0.25, 0.3) is 0 Å². The molecule has 2 N–H and O–H groups in total. The number of halogens is 1. The topological polar surface area (TPSA) is 97.5 Å². The van der Waals surface area contributed by atoms with E-state index in [0.717, 1.165) is 10.4 Å². The Morgan fingerprint density at radius 1 is 1.38 bits per heavy atom. The van der Waals surface area contributed by atoms with Crippen molar-refractivity contribution < 1.29 is 21.2 Å². The molecule has 1 fully saturated rings. The van der Waals surface area contributed by atoms with Gasteiger partial charge in [0.2, 0.25) is 10.0 Å². The van der Waals surface area contributed by atoms with Gasteiger partial charge >= 0.3 is 0 Å². The average molecular weight is 336 g/mol. The van der Waals surface area contributed by atoms with E-state index in [1.807, 2.05) is 0 Å². The predicted molar refractivity (Wildman–Crippen MR) is 77.6 cm³/mol. The quantitative estimate of drug-likeness (QED) is 0.794. The summed E-state index contributed by atoms with van der Waals surface area (Å²) >= 11 is 0. The largest absolute Gasteiger partial charge is 0.399 e. The minimum atomic E-state index is -3.99. The first-order valence-corrected chi connectivity index (χ1v) is 9.58. The van der Waals surface area contributed by atoms with Crippen LogP contribution < -0.4 is 5.73 Å². The van der Waals surface area contributed by atoms with Crippen molar-refractivity contribution in [2.75, 3.05) is 23.8 Å². The van der Waals surface area contributed by atoms with Crippen LogP contribution in [-0.2, 0) is 19.9 Å². The molecule has 0 bridgehead atoms. The molecule has 0 aromatic heterocycles. The number of sulfonamides is 1. The summed E-state index contributed by atoms with van der Waals surface area (Å²) in [5.41, 5.74) is 5.50. The molecule has 2 rings (SSSR count). The van der Waals surface area contributed by atoms with Crippen LogP contribution in [0.3, 0.4) is 0 Å². The highest BCUT2D eigenvalue weighted by Gasteiger charge is 2.37. The molecule has 1 saturated heterocycles. The normalized spacial score (nSPS) is 23.1. The van der Waals surface area contributed by atoms with E-state index in [4.69, 9.17) is 5.73 Å². The van der Waals surface area contributed by atoms with Crippen LogP contribution >= 0.6 is 0 Å². The van der Waals surface area contributed by atoms with Gasteiger partial charge in [0.15, 0.2) is 9.84 Å². The highest BCUT2D eigenvalue weighted by molar-refractivity contribution is 7.92. The fourth-order valence-corrected chi connectivity index (χ4v) is 6.08. The van der Waals surface area contributed by atoms with Crippen molar-refractivity contribution in [3.63, 3.8) is 0 Å². The second-order valence-corrected chi connectivity index (χ2v) is 9.29. The maximum atomic E-state index is 13.7. The molecule has 0 amide bonds. The van der Waals surface area contributed by atoms with Crippen LogP contribution in [0.15, 0.2) is 17.0 Å². The molecule has 0 radical (unpaired) electrons. The lowest BCUT2D eigenvalue weighted by Gasteiger charge is -2.32. The Kier molecular flexibility index (Phi) is 4.02. The molecule has 0 aliphatic carbocycles. The number of anilines is 1. The molecule has 1 aliphatic heterocycles. The van der Waals surface area contributed by atoms with Crippen LogP contribution in [0.2, 0.25) is 0 Å². The zero-order chi connectivity index (χ0) is 16.0. The van der Waals surface area contributed by atoms with E-state index in [2.05, 4.69) is 0 Å². The number of nitrogens with two attached hydrogens (primary N) is 1. The molecular weight excluding hydrogens is 319 g/mol. The number of nitrogen functional groups attached to an aromatic ring is 1. The molecule has 118 valence electrons. The molecule has 1 aromatic carbocycles. The lowest BCUT2D eigenvalue weighted by molar-refractivity contribution is 0.356. The van der Waals surface area contributed by atoms with Crippen molar-refractivity contribution in [2.45, 2.75) is 24.8 Å². The van der Waals surface area contributed by atoms with Gasteiger partial charge in [-0.1, -0.05) is 0 Å². The zero-order valence-corrected chi connectivity index (χ0v) is 13.3. The maximum Gasteiger partial charge on any atom is 0.243 e. The standard InChI is InChI=1S/C12H17FN2O4S2/c1-8-7-20(16,17)4-3-15(8)21(18,19)12-6-10(14)5-11(13)9(12)2/h5-6,8H,3-4,7,14H2,1-2H3. The fraction of sp³-hybridized carbons (Fsp3) is 0.500. The summed E-state index contributed by atoms with van der Waals surface area (Å²) in [6.07, 6.45) is 0. The molecular formula is C12H17FN2O4S2. The van der Waals surface area contributed by atoms with Gasteiger partial charge in [-0.3, -0.25) is 0 Å². The van der Waals surface area contributed by atoms with E-state index < -0.39 is 31.7 Å². The number of hydrogen-bond acceptors (Lipinski definition) is 5. The summed E-state index contributed by atoms with van der Waals surface area (Å²) in [7, 11) is -7.23. The van der Waals surface area contributed by atoms with Gasteiger partial charge in [-0.25, -0.2) is 21.2 Å². The van der Waals surface area contributed by atoms with Gasteiger partial charge in [-0.05, 0) is 26.0 Å². The van der Waals surface area contributed by atoms with E-state index in [9.17, 15) is 21.2 Å². The van der Waals surface area contributed by atoms with Crippen molar-refractivity contribution in [1.29, 1.82) is 0 Å². The summed E-state index contributed by atoms with van der Waals surface area (Å²) < 4.78 is 63.2. The molecule has 9 heteroatoms. The first-order chi connectivity index (χ1) is 9.54. The van der Waals surface area contributed by atoms with Crippen molar-refractivity contribution in [1.82, 2.24) is 4.31 Å². The van der Waals surface area contributed by atoms with Gasteiger partial charge in [0.1, 0.15) is 5.82 Å². The molecule has 0 spiro atoms. The third-order valence-corrected chi connectivity index (χ3v) is 7.45. The van der Waals surface area contributed by atoms with Gasteiger partial charge in [0, 0.05) is 23.8 Å². The molecule has 1 atom stereocenters. The SMILES string of the molecule is Cc1c(F)cc(N)cc1S(=O)(=O)N1CCS(=O)(=O)CC1C. The Labute approximate surface area is 123 Å². The number of rotatable bonds is 2. The van der Waals surface area contributed by atoms with E-state index in [1.54, 1.807) is 0 Å². The predicted octanol–water partition coefficient (Wildman–Crippen LogP) is 0.524. The molecule has 1 heterocycles. The Hall–Kier alpha value is -1.19. The monoisotopic (exact) mass is 336 g/mol. The third-order valence-electron chi connectivity index (χ3n) is 3.52.